The van der Waals surface area contributed by atoms with Crippen molar-refractivity contribution in [1.29, 1.82) is 0 Å². The van der Waals surface area contributed by atoms with E-state index in [4.69, 9.17) is 0 Å². The maximum absolute atomic E-state index is 2.39. The Morgan fingerprint density at radius 2 is 1.43 bits per heavy atom. The van der Waals surface area contributed by atoms with Gasteiger partial charge in [0, 0.05) is 5.92 Å². The fourth-order valence-electron chi connectivity index (χ4n) is 3.66. The van der Waals surface area contributed by atoms with E-state index in [-0.39, 0.29) is 7.92 Å². The van der Waals surface area contributed by atoms with Gasteiger partial charge in [-0.25, -0.2) is 0 Å². The summed E-state index contributed by atoms with van der Waals surface area (Å²) in [7, 11) is 0.0231. The average Bonchev–Trinajstić information content (AvgIpc) is 2.96. The van der Waals surface area contributed by atoms with E-state index >= 15 is 0 Å². The van der Waals surface area contributed by atoms with Crippen molar-refractivity contribution < 1.29 is 0 Å². The Morgan fingerprint density at radius 3 is 2.13 bits per heavy atom. The maximum atomic E-state index is 2.39. The predicted molar refractivity (Wildman–Crippen MR) is 105 cm³/mol. The number of benzene rings is 2. The van der Waals surface area contributed by atoms with E-state index in [0.717, 1.165) is 11.3 Å². The number of hydrogen-bond acceptors (Lipinski definition) is 0. The smallest absolute Gasteiger partial charge is 0.0281 e. The molecule has 0 aromatic heterocycles. The molecule has 120 valence electrons. The first-order chi connectivity index (χ1) is 11.1. The van der Waals surface area contributed by atoms with Crippen LogP contribution in [0, 0.1) is 0 Å². The van der Waals surface area contributed by atoms with Crippen molar-refractivity contribution >= 4 is 14.0 Å². The van der Waals surface area contributed by atoms with Crippen LogP contribution in [0.15, 0.2) is 54.6 Å². The van der Waals surface area contributed by atoms with Crippen LogP contribution in [0.3, 0.4) is 0 Å². The fourth-order valence-corrected chi connectivity index (χ4v) is 6.26. The average molecular weight is 322 g/mol. The summed E-state index contributed by atoms with van der Waals surface area (Å²) >= 11 is 0. The first-order valence-electron chi connectivity index (χ1n) is 8.68. The van der Waals surface area contributed by atoms with Crippen LogP contribution in [0.5, 0.6) is 0 Å². The van der Waals surface area contributed by atoms with Crippen LogP contribution in [0.2, 0.25) is 0 Å². The van der Waals surface area contributed by atoms with Gasteiger partial charge in [0.05, 0.1) is 0 Å². The molecule has 0 spiro atoms. The minimum atomic E-state index is 0.0231. The van der Waals surface area contributed by atoms with Crippen molar-refractivity contribution in [3.8, 4) is 0 Å². The third-order valence-corrected chi connectivity index (χ3v) is 8.23. The zero-order valence-corrected chi connectivity index (χ0v) is 15.6. The molecule has 0 saturated heterocycles. The lowest BCUT2D eigenvalue weighted by Gasteiger charge is -2.27. The molecule has 1 aliphatic rings. The zero-order valence-electron chi connectivity index (χ0n) is 14.7. The van der Waals surface area contributed by atoms with Gasteiger partial charge < -0.3 is 0 Å². The molecule has 0 fully saturated rings. The van der Waals surface area contributed by atoms with Gasteiger partial charge in [0.25, 0.3) is 0 Å². The van der Waals surface area contributed by atoms with Crippen LogP contribution in [-0.2, 0) is 6.16 Å². The second-order valence-corrected chi connectivity index (χ2v) is 10.4. The summed E-state index contributed by atoms with van der Waals surface area (Å²) in [5.41, 5.74) is 7.45. The van der Waals surface area contributed by atoms with Crippen molar-refractivity contribution in [3.63, 3.8) is 0 Å². The Labute approximate surface area is 142 Å². The molecule has 1 heteroatoms. The Hall–Kier alpha value is -1.39. The molecule has 0 N–H and O–H groups in total. The Balaban J connectivity index is 1.95. The predicted octanol–water partition coefficient (Wildman–Crippen LogP) is 6.64. The molecule has 23 heavy (non-hydrogen) atoms. The van der Waals surface area contributed by atoms with Crippen molar-refractivity contribution in [2.75, 3.05) is 0 Å². The third kappa shape index (κ3) is 3.43. The third-order valence-electron chi connectivity index (χ3n) is 4.87. The second kappa shape index (κ2) is 7.02. The monoisotopic (exact) mass is 322 g/mol. The van der Waals surface area contributed by atoms with Crippen molar-refractivity contribution in [2.24, 2.45) is 0 Å². The highest BCUT2D eigenvalue weighted by Crippen LogP contribution is 2.50. The summed E-state index contributed by atoms with van der Waals surface area (Å²) in [5.74, 6) is 0.429. The molecule has 0 aliphatic heterocycles. The molecule has 0 nitrogen and oxygen atoms in total. The number of allylic oxidation sites excluding steroid dienone is 1. The molecule has 0 radical (unpaired) electrons. The molecule has 3 rings (SSSR count). The minimum absolute atomic E-state index is 0.0231. The molecule has 0 saturated carbocycles. The lowest BCUT2D eigenvalue weighted by molar-refractivity contribution is 0.979. The quantitative estimate of drug-likeness (QED) is 0.541. The van der Waals surface area contributed by atoms with Gasteiger partial charge in [-0.15, -0.1) is 0 Å². The molecule has 0 heterocycles. The Morgan fingerprint density at radius 1 is 0.826 bits per heavy atom. The summed E-state index contributed by atoms with van der Waals surface area (Å²) in [6, 6.07) is 17.9. The normalized spacial score (nSPS) is 16.6. The van der Waals surface area contributed by atoms with Crippen LogP contribution in [0.25, 0.3) is 6.08 Å². The number of hydrogen-bond donors (Lipinski definition) is 0. The molecule has 1 unspecified atom stereocenters. The maximum Gasteiger partial charge on any atom is 0.0281 e. The van der Waals surface area contributed by atoms with Crippen molar-refractivity contribution in [2.45, 2.75) is 51.1 Å². The first-order valence-corrected chi connectivity index (χ1v) is 10.3. The van der Waals surface area contributed by atoms with Crippen LogP contribution in [0.1, 0.15) is 55.9 Å². The zero-order chi connectivity index (χ0) is 16.4. The van der Waals surface area contributed by atoms with Crippen LogP contribution in [0.4, 0.5) is 0 Å². The number of fused-ring (bicyclic) bond motifs is 1. The van der Waals surface area contributed by atoms with E-state index in [1.807, 2.05) is 0 Å². The molecule has 2 aromatic carbocycles. The van der Waals surface area contributed by atoms with Crippen LogP contribution >= 0.6 is 7.92 Å². The van der Waals surface area contributed by atoms with Crippen molar-refractivity contribution in [1.82, 2.24) is 0 Å². The summed E-state index contributed by atoms with van der Waals surface area (Å²) in [5, 5.41) is 0. The topological polar surface area (TPSA) is 0 Å². The lowest BCUT2D eigenvalue weighted by atomic mass is 9.90. The highest BCUT2D eigenvalue weighted by atomic mass is 31.1. The molecular formula is C22H27P. The van der Waals surface area contributed by atoms with Crippen LogP contribution in [-0.4, -0.2) is 11.3 Å². The van der Waals surface area contributed by atoms with Gasteiger partial charge in [0.15, 0.2) is 0 Å². The van der Waals surface area contributed by atoms with Gasteiger partial charge in [-0.1, -0.05) is 96.3 Å². The first kappa shape index (κ1) is 16.5. The van der Waals surface area contributed by atoms with Gasteiger partial charge in [-0.3, -0.25) is 0 Å². The van der Waals surface area contributed by atoms with Gasteiger partial charge in [0.2, 0.25) is 0 Å². The number of rotatable bonds is 5. The highest BCUT2D eigenvalue weighted by molar-refractivity contribution is 7.58. The standard InChI is InChI=1S/C22H27P/c1-16(2)23(17(3)4)15-19-10-6-8-12-21(19)22-14-13-18-9-5-7-11-20(18)22/h5-14,16-17,22H,15H2,1-4H3. The Kier molecular flexibility index (Phi) is 5.02. The fraction of sp³-hybridized carbons (Fsp3) is 0.364. The van der Waals surface area contributed by atoms with Crippen LogP contribution < -0.4 is 0 Å². The van der Waals surface area contributed by atoms with E-state index < -0.39 is 0 Å². The van der Waals surface area contributed by atoms with E-state index in [2.05, 4.69) is 88.4 Å². The second-order valence-electron chi connectivity index (χ2n) is 7.02. The molecule has 1 aliphatic carbocycles. The molecule has 2 aromatic rings. The lowest BCUT2D eigenvalue weighted by Crippen LogP contribution is -2.08. The van der Waals surface area contributed by atoms with E-state index in [9.17, 15) is 0 Å². The van der Waals surface area contributed by atoms with Gasteiger partial charge >= 0.3 is 0 Å². The van der Waals surface area contributed by atoms with Crippen molar-refractivity contribution in [3.05, 3.63) is 76.9 Å². The van der Waals surface area contributed by atoms with Gasteiger partial charge in [0.1, 0.15) is 0 Å². The summed E-state index contributed by atoms with van der Waals surface area (Å²) in [6.07, 6.45) is 5.90. The largest absolute Gasteiger partial charge is 0.0969 e. The van der Waals surface area contributed by atoms with E-state index in [0.29, 0.717) is 5.92 Å². The summed E-state index contributed by atoms with van der Waals surface area (Å²) < 4.78 is 0. The molecule has 0 amide bonds. The summed E-state index contributed by atoms with van der Waals surface area (Å²) in [6.45, 7) is 9.55. The minimum Gasteiger partial charge on any atom is -0.0969 e. The molecule has 0 bridgehead atoms. The highest BCUT2D eigenvalue weighted by Gasteiger charge is 2.23. The molecule has 1 atom stereocenters. The van der Waals surface area contributed by atoms with Gasteiger partial charge in [-0.05, 0) is 39.7 Å². The Bertz CT molecular complexity index is 689. The van der Waals surface area contributed by atoms with Gasteiger partial charge in [-0.2, -0.15) is 0 Å². The van der Waals surface area contributed by atoms with E-state index in [1.165, 1.54) is 22.9 Å². The SMILES string of the molecule is CC(C)P(Cc1ccccc1C1C=Cc2ccccc21)C(C)C. The summed E-state index contributed by atoms with van der Waals surface area (Å²) in [4.78, 5) is 0. The van der Waals surface area contributed by atoms with E-state index in [1.54, 1.807) is 5.56 Å². The molecular weight excluding hydrogens is 295 g/mol.